The number of ether oxygens (including phenoxy) is 1. The van der Waals surface area contributed by atoms with Crippen LogP contribution in [0.5, 0.6) is 0 Å². The number of primary amides is 1. The number of anilines is 2. The van der Waals surface area contributed by atoms with Crippen LogP contribution in [-0.4, -0.2) is 33.8 Å². The summed E-state index contributed by atoms with van der Waals surface area (Å²) in [6.45, 7) is 10.3. The molecule has 2 aromatic heterocycles. The van der Waals surface area contributed by atoms with Gasteiger partial charge in [-0.3, -0.25) is 10.1 Å². The first-order chi connectivity index (χ1) is 13.1. The molecule has 4 N–H and O–H groups in total. The molecule has 152 valence electrons. The van der Waals surface area contributed by atoms with Gasteiger partial charge in [-0.15, -0.1) is 0 Å². The first kappa shape index (κ1) is 20.0. The summed E-state index contributed by atoms with van der Waals surface area (Å²) in [5, 5.41) is 10.5. The Bertz CT molecular complexity index is 903. The lowest BCUT2D eigenvalue weighted by Gasteiger charge is -2.33. The molecule has 2 heterocycles. The van der Waals surface area contributed by atoms with Gasteiger partial charge in [0.1, 0.15) is 0 Å². The van der Waals surface area contributed by atoms with Gasteiger partial charge in [0, 0.05) is 6.04 Å². The first-order valence-corrected chi connectivity index (χ1v) is 9.65. The van der Waals surface area contributed by atoms with Crippen LogP contribution in [-0.2, 0) is 4.74 Å². The zero-order chi connectivity index (χ0) is 20.6. The summed E-state index contributed by atoms with van der Waals surface area (Å²) in [5.41, 5.74) is 7.84. The summed E-state index contributed by atoms with van der Waals surface area (Å²) < 4.78 is 6.74. The van der Waals surface area contributed by atoms with Crippen molar-refractivity contribution in [2.45, 2.75) is 59.6 Å². The zero-order valence-corrected chi connectivity index (χ0v) is 17.1. The molecule has 0 aliphatic heterocycles. The summed E-state index contributed by atoms with van der Waals surface area (Å²) >= 11 is 0. The Balaban J connectivity index is 1.98. The molecule has 2 amide bonds. The van der Waals surface area contributed by atoms with E-state index in [2.05, 4.69) is 36.5 Å². The van der Waals surface area contributed by atoms with Crippen molar-refractivity contribution in [3.05, 3.63) is 24.0 Å². The minimum Gasteiger partial charge on any atom is -0.447 e. The molecule has 3 rings (SSSR count). The molecule has 0 unspecified atom stereocenters. The molecule has 0 saturated heterocycles. The van der Waals surface area contributed by atoms with Crippen molar-refractivity contribution in [1.29, 1.82) is 0 Å². The van der Waals surface area contributed by atoms with E-state index in [9.17, 15) is 9.59 Å². The highest BCUT2D eigenvalue weighted by Gasteiger charge is 2.41. The van der Waals surface area contributed by atoms with Crippen molar-refractivity contribution < 1.29 is 14.3 Å². The molecule has 2 aromatic rings. The Morgan fingerprint density at radius 2 is 2.07 bits per heavy atom. The SMILES string of the molecule is CC(C)OC(=O)Nc1cc2c(N[C@@H]3CC[C@H](C)C3(C)C)c(C(N)=O)cnn2c1. The molecule has 1 aliphatic carbocycles. The van der Waals surface area contributed by atoms with Crippen LogP contribution < -0.4 is 16.4 Å². The summed E-state index contributed by atoms with van der Waals surface area (Å²) in [4.78, 5) is 23.9. The van der Waals surface area contributed by atoms with E-state index >= 15 is 0 Å². The fourth-order valence-electron chi connectivity index (χ4n) is 3.76. The maximum atomic E-state index is 12.0. The lowest BCUT2D eigenvalue weighted by atomic mass is 9.80. The minimum atomic E-state index is -0.545. The van der Waals surface area contributed by atoms with E-state index in [1.54, 1.807) is 30.6 Å². The molecule has 8 heteroatoms. The highest BCUT2D eigenvalue weighted by molar-refractivity contribution is 6.02. The molecule has 1 fully saturated rings. The summed E-state index contributed by atoms with van der Waals surface area (Å²) in [7, 11) is 0. The van der Waals surface area contributed by atoms with Crippen molar-refractivity contribution in [3.63, 3.8) is 0 Å². The van der Waals surface area contributed by atoms with E-state index < -0.39 is 12.0 Å². The van der Waals surface area contributed by atoms with Crippen LogP contribution in [0.15, 0.2) is 18.5 Å². The third kappa shape index (κ3) is 3.76. The summed E-state index contributed by atoms with van der Waals surface area (Å²) in [6, 6.07) is 1.96. The van der Waals surface area contributed by atoms with Gasteiger partial charge in [-0.25, -0.2) is 9.31 Å². The van der Waals surface area contributed by atoms with Crippen LogP contribution in [0, 0.1) is 11.3 Å². The molecule has 1 saturated carbocycles. The van der Waals surface area contributed by atoms with Gasteiger partial charge < -0.3 is 15.8 Å². The van der Waals surface area contributed by atoms with Gasteiger partial charge in [0.05, 0.1) is 41.0 Å². The van der Waals surface area contributed by atoms with Gasteiger partial charge >= 0.3 is 6.09 Å². The lowest BCUT2D eigenvalue weighted by molar-refractivity contribution is 0.1000. The van der Waals surface area contributed by atoms with Gasteiger partial charge in [0.2, 0.25) is 0 Å². The van der Waals surface area contributed by atoms with Crippen molar-refractivity contribution in [2.75, 3.05) is 10.6 Å². The molecular weight excluding hydrogens is 358 g/mol. The summed E-state index contributed by atoms with van der Waals surface area (Å²) in [5.74, 6) is 0.0194. The fraction of sp³-hybridized carbons (Fsp3) is 0.550. The van der Waals surface area contributed by atoms with Gasteiger partial charge in [0.15, 0.2) is 0 Å². The van der Waals surface area contributed by atoms with E-state index in [1.807, 2.05) is 0 Å². The number of fused-ring (bicyclic) bond motifs is 1. The van der Waals surface area contributed by atoms with Crippen molar-refractivity contribution >= 4 is 28.9 Å². The largest absolute Gasteiger partial charge is 0.447 e. The Morgan fingerprint density at radius 1 is 1.36 bits per heavy atom. The van der Waals surface area contributed by atoms with E-state index in [4.69, 9.17) is 10.5 Å². The Morgan fingerprint density at radius 3 is 2.64 bits per heavy atom. The van der Waals surface area contributed by atoms with Crippen LogP contribution in [0.2, 0.25) is 0 Å². The number of rotatable bonds is 5. The second-order valence-corrected chi connectivity index (χ2v) is 8.43. The van der Waals surface area contributed by atoms with Gasteiger partial charge in [-0.2, -0.15) is 5.10 Å². The van der Waals surface area contributed by atoms with Gasteiger partial charge in [0.25, 0.3) is 5.91 Å². The lowest BCUT2D eigenvalue weighted by Crippen LogP contribution is -2.35. The van der Waals surface area contributed by atoms with Crippen LogP contribution in [0.1, 0.15) is 57.8 Å². The van der Waals surface area contributed by atoms with Gasteiger partial charge in [-0.1, -0.05) is 20.8 Å². The fourth-order valence-corrected chi connectivity index (χ4v) is 3.76. The molecule has 0 bridgehead atoms. The number of hydrogen-bond donors (Lipinski definition) is 3. The monoisotopic (exact) mass is 387 g/mol. The van der Waals surface area contributed by atoms with Crippen LogP contribution in [0.25, 0.3) is 5.52 Å². The van der Waals surface area contributed by atoms with E-state index in [-0.39, 0.29) is 17.6 Å². The first-order valence-electron chi connectivity index (χ1n) is 9.65. The van der Waals surface area contributed by atoms with Crippen LogP contribution in [0.4, 0.5) is 16.2 Å². The number of amides is 2. The van der Waals surface area contributed by atoms with E-state index in [0.717, 1.165) is 12.8 Å². The smallest absolute Gasteiger partial charge is 0.411 e. The van der Waals surface area contributed by atoms with Crippen molar-refractivity contribution in [2.24, 2.45) is 17.1 Å². The predicted molar refractivity (Wildman–Crippen MR) is 109 cm³/mol. The Labute approximate surface area is 164 Å². The quantitative estimate of drug-likeness (QED) is 0.725. The zero-order valence-electron chi connectivity index (χ0n) is 17.1. The minimum absolute atomic E-state index is 0.0733. The second-order valence-electron chi connectivity index (χ2n) is 8.43. The summed E-state index contributed by atoms with van der Waals surface area (Å²) in [6.07, 6.45) is 4.50. The third-order valence-corrected chi connectivity index (χ3v) is 5.87. The number of nitrogens with two attached hydrogens (primary N) is 1. The van der Waals surface area contributed by atoms with Gasteiger partial charge in [-0.05, 0) is 44.1 Å². The predicted octanol–water partition coefficient (Wildman–Crippen LogP) is 3.63. The van der Waals surface area contributed by atoms with Crippen LogP contribution >= 0.6 is 0 Å². The van der Waals surface area contributed by atoms with Crippen LogP contribution in [0.3, 0.4) is 0 Å². The molecule has 0 radical (unpaired) electrons. The molecule has 2 atom stereocenters. The highest BCUT2D eigenvalue weighted by atomic mass is 16.6. The topological polar surface area (TPSA) is 111 Å². The molecule has 0 spiro atoms. The standard InChI is InChI=1S/C20H29N5O3/c1-11(2)28-19(27)23-13-8-15-17(14(18(21)26)9-22-25(15)10-13)24-16-7-6-12(3)20(16,4)5/h8-12,16,24H,6-7H2,1-5H3,(H2,21,26)(H,23,27)/t12-,16+/m0/s1. The maximum Gasteiger partial charge on any atom is 0.411 e. The van der Waals surface area contributed by atoms with Crippen molar-refractivity contribution in [1.82, 2.24) is 9.61 Å². The normalized spacial score (nSPS) is 21.1. The number of nitrogens with zero attached hydrogens (tertiary/aromatic N) is 2. The molecular formula is C20H29N5O3. The number of aromatic nitrogens is 2. The van der Waals surface area contributed by atoms with Crippen molar-refractivity contribution in [3.8, 4) is 0 Å². The van der Waals surface area contributed by atoms with E-state index in [1.165, 1.54) is 6.20 Å². The third-order valence-electron chi connectivity index (χ3n) is 5.87. The number of nitrogens with one attached hydrogen (secondary N) is 2. The average Bonchev–Trinajstić information content (AvgIpc) is 3.09. The average molecular weight is 387 g/mol. The highest BCUT2D eigenvalue weighted by Crippen LogP contribution is 2.44. The van der Waals surface area contributed by atoms with E-state index in [0.29, 0.717) is 28.4 Å². The molecule has 28 heavy (non-hydrogen) atoms. The number of carbonyl (C=O) groups excluding carboxylic acids is 2. The number of carbonyl (C=O) groups is 2. The maximum absolute atomic E-state index is 12.0. The molecule has 8 nitrogen and oxygen atoms in total. The Kier molecular flexibility index (Phi) is 5.23. The molecule has 0 aromatic carbocycles. The second kappa shape index (κ2) is 7.33. The number of hydrogen-bond acceptors (Lipinski definition) is 5. The molecule has 1 aliphatic rings. The Hall–Kier alpha value is -2.77.